The summed E-state index contributed by atoms with van der Waals surface area (Å²) in [6, 6.07) is 8.76. The molecule has 5 rings (SSSR count). The van der Waals surface area contributed by atoms with E-state index >= 15 is 0 Å². The van der Waals surface area contributed by atoms with Gasteiger partial charge in [0.25, 0.3) is 10.0 Å². The van der Waals surface area contributed by atoms with Crippen LogP contribution in [0.25, 0.3) is 10.9 Å². The highest BCUT2D eigenvalue weighted by Crippen LogP contribution is 2.49. The topological polar surface area (TPSA) is 103 Å². The van der Waals surface area contributed by atoms with Crippen LogP contribution in [-0.4, -0.2) is 67.0 Å². The van der Waals surface area contributed by atoms with E-state index in [4.69, 9.17) is 4.74 Å². The molecule has 4 heterocycles. The summed E-state index contributed by atoms with van der Waals surface area (Å²) in [5, 5.41) is 13.0. The van der Waals surface area contributed by atoms with Gasteiger partial charge in [-0.05, 0) is 42.0 Å². The number of rotatable bonds is 4. The number of hydrogen-bond donors (Lipinski definition) is 2. The number of hydrogen-bond acceptors (Lipinski definition) is 6. The number of amides is 1. The fourth-order valence-electron chi connectivity index (χ4n) is 5.44. The molecule has 1 saturated heterocycles. The van der Waals surface area contributed by atoms with Gasteiger partial charge < -0.3 is 19.7 Å². The number of piperidine rings is 1. The van der Waals surface area contributed by atoms with Gasteiger partial charge in [-0.15, -0.1) is 11.3 Å². The van der Waals surface area contributed by atoms with Crippen molar-refractivity contribution in [2.75, 3.05) is 33.4 Å². The normalized spacial score (nSPS) is 20.8. The number of thiophene rings is 1. The summed E-state index contributed by atoms with van der Waals surface area (Å²) in [7, 11) is -1.91. The first-order valence-corrected chi connectivity index (χ1v) is 13.2. The van der Waals surface area contributed by atoms with Crippen molar-refractivity contribution >= 4 is 38.2 Å². The Morgan fingerprint density at radius 2 is 2.06 bits per heavy atom. The Labute approximate surface area is 196 Å². The zero-order chi connectivity index (χ0) is 23.4. The van der Waals surface area contributed by atoms with Crippen LogP contribution in [0.3, 0.4) is 0 Å². The van der Waals surface area contributed by atoms with E-state index < -0.39 is 21.5 Å². The number of H-pyrrole nitrogens is 1. The molecule has 33 heavy (non-hydrogen) atoms. The lowest BCUT2D eigenvalue weighted by Crippen LogP contribution is -2.55. The van der Waals surface area contributed by atoms with E-state index in [0.29, 0.717) is 36.7 Å². The number of fused-ring (bicyclic) bond motifs is 4. The van der Waals surface area contributed by atoms with Crippen LogP contribution in [0.5, 0.6) is 5.75 Å². The summed E-state index contributed by atoms with van der Waals surface area (Å²) in [6.45, 7) is 2.53. The number of sulfonamides is 1. The van der Waals surface area contributed by atoms with E-state index in [9.17, 15) is 18.3 Å². The molecule has 2 N–H and O–H groups in total. The van der Waals surface area contributed by atoms with Crippen LogP contribution in [0.4, 0.5) is 0 Å². The maximum atomic E-state index is 13.1. The number of nitrogens with one attached hydrogen (secondary N) is 1. The standard InChI is InChI=1S/C23H27N3O5S2/c1-15(28)26-14-23(7-9-25(10-8-23)33(29,30)20-4-3-11-32-20)21-17-6-5-16(31-2)12-18(17)24-22(21)19(26)13-27/h3-6,11-12,19,24,27H,7-10,13-14H2,1-2H3/t19-/m1/s1. The van der Waals surface area contributed by atoms with Crippen molar-refractivity contribution in [2.24, 2.45) is 0 Å². The van der Waals surface area contributed by atoms with E-state index in [0.717, 1.165) is 27.9 Å². The number of carbonyl (C=O) groups is 1. The van der Waals surface area contributed by atoms with Crippen molar-refractivity contribution in [1.82, 2.24) is 14.2 Å². The van der Waals surface area contributed by atoms with Crippen LogP contribution >= 0.6 is 11.3 Å². The number of aliphatic hydroxyl groups is 1. The molecular formula is C23H27N3O5S2. The minimum absolute atomic E-state index is 0.107. The smallest absolute Gasteiger partial charge is 0.252 e. The Balaban J connectivity index is 1.59. The maximum absolute atomic E-state index is 13.1. The molecule has 1 fully saturated rings. The molecule has 3 aromatic rings. The van der Waals surface area contributed by atoms with Crippen molar-refractivity contribution in [3.05, 3.63) is 47.0 Å². The van der Waals surface area contributed by atoms with Gasteiger partial charge in [-0.1, -0.05) is 6.07 Å². The summed E-state index contributed by atoms with van der Waals surface area (Å²) < 4.78 is 33.5. The van der Waals surface area contributed by atoms with Gasteiger partial charge in [-0.25, -0.2) is 8.42 Å². The van der Waals surface area contributed by atoms with E-state index in [1.807, 2.05) is 18.2 Å². The quantitative estimate of drug-likeness (QED) is 0.587. The lowest BCUT2D eigenvalue weighted by molar-refractivity contribution is -0.134. The number of aromatic nitrogens is 1. The number of benzene rings is 1. The van der Waals surface area contributed by atoms with Crippen LogP contribution in [0, 0.1) is 0 Å². The Morgan fingerprint density at radius 3 is 2.67 bits per heavy atom. The minimum Gasteiger partial charge on any atom is -0.497 e. The highest BCUT2D eigenvalue weighted by molar-refractivity contribution is 7.91. The number of aliphatic hydroxyl groups excluding tert-OH is 1. The Hall–Kier alpha value is -2.40. The maximum Gasteiger partial charge on any atom is 0.252 e. The van der Waals surface area contributed by atoms with E-state index in [-0.39, 0.29) is 12.5 Å². The molecule has 176 valence electrons. The first kappa shape index (κ1) is 22.4. The molecule has 1 aromatic carbocycles. The van der Waals surface area contributed by atoms with Crippen molar-refractivity contribution in [1.29, 1.82) is 0 Å². The predicted octanol–water partition coefficient (Wildman–Crippen LogP) is 2.86. The molecule has 0 bridgehead atoms. The highest BCUT2D eigenvalue weighted by Gasteiger charge is 2.49. The molecule has 2 aromatic heterocycles. The van der Waals surface area contributed by atoms with Gasteiger partial charge in [0, 0.05) is 54.6 Å². The fraction of sp³-hybridized carbons (Fsp3) is 0.435. The average Bonchev–Trinajstić information content (AvgIpc) is 3.48. The second-order valence-corrected chi connectivity index (χ2v) is 11.9. The van der Waals surface area contributed by atoms with Gasteiger partial charge in [-0.2, -0.15) is 4.31 Å². The first-order valence-electron chi connectivity index (χ1n) is 10.9. The van der Waals surface area contributed by atoms with E-state index in [2.05, 4.69) is 4.98 Å². The lowest BCUT2D eigenvalue weighted by Gasteiger charge is -2.49. The molecule has 0 aliphatic carbocycles. The Morgan fingerprint density at radius 1 is 1.30 bits per heavy atom. The molecule has 1 spiro atoms. The fourth-order valence-corrected chi connectivity index (χ4v) is 8.02. The molecule has 8 nitrogen and oxygen atoms in total. The van der Waals surface area contributed by atoms with Crippen molar-refractivity contribution in [3.8, 4) is 5.75 Å². The highest BCUT2D eigenvalue weighted by atomic mass is 32.2. The number of carbonyl (C=O) groups excluding carboxylic acids is 1. The molecule has 10 heteroatoms. The number of nitrogens with zero attached hydrogens (tertiary/aromatic N) is 2. The van der Waals surface area contributed by atoms with Crippen molar-refractivity contribution in [3.63, 3.8) is 0 Å². The van der Waals surface area contributed by atoms with Gasteiger partial charge in [-0.3, -0.25) is 4.79 Å². The second kappa shape index (κ2) is 8.12. The van der Waals surface area contributed by atoms with E-state index in [1.165, 1.54) is 18.3 Å². The van der Waals surface area contributed by atoms with Gasteiger partial charge in [0.05, 0.1) is 19.8 Å². The Bertz CT molecular complexity index is 1290. The van der Waals surface area contributed by atoms with Crippen molar-refractivity contribution in [2.45, 2.75) is 35.4 Å². The van der Waals surface area contributed by atoms with Crippen LogP contribution in [0.15, 0.2) is 39.9 Å². The summed E-state index contributed by atoms with van der Waals surface area (Å²) >= 11 is 1.23. The molecule has 2 aliphatic heterocycles. The summed E-state index contributed by atoms with van der Waals surface area (Å²) in [4.78, 5) is 17.7. The van der Waals surface area contributed by atoms with Gasteiger partial charge >= 0.3 is 0 Å². The van der Waals surface area contributed by atoms with E-state index in [1.54, 1.807) is 33.8 Å². The number of ether oxygens (including phenoxy) is 1. The third-order valence-electron chi connectivity index (χ3n) is 7.09. The third-order valence-corrected chi connectivity index (χ3v) is 10.4. The van der Waals surface area contributed by atoms with Crippen LogP contribution in [0.2, 0.25) is 0 Å². The second-order valence-electron chi connectivity index (χ2n) is 8.79. The molecule has 1 atom stereocenters. The number of aromatic amines is 1. The summed E-state index contributed by atoms with van der Waals surface area (Å²) in [6.07, 6.45) is 1.18. The van der Waals surface area contributed by atoms with Gasteiger partial charge in [0.1, 0.15) is 9.96 Å². The Kier molecular flexibility index (Phi) is 5.51. The predicted molar refractivity (Wildman–Crippen MR) is 126 cm³/mol. The van der Waals surface area contributed by atoms with Crippen LogP contribution < -0.4 is 4.74 Å². The molecule has 0 saturated carbocycles. The summed E-state index contributed by atoms with van der Waals surface area (Å²) in [5.41, 5.74) is 2.40. The zero-order valence-corrected chi connectivity index (χ0v) is 20.2. The monoisotopic (exact) mass is 489 g/mol. The molecular weight excluding hydrogens is 462 g/mol. The molecule has 0 radical (unpaired) electrons. The number of methoxy groups -OCH3 is 1. The average molecular weight is 490 g/mol. The van der Waals surface area contributed by atoms with Crippen LogP contribution in [0.1, 0.15) is 37.1 Å². The summed E-state index contributed by atoms with van der Waals surface area (Å²) in [5.74, 6) is 0.611. The first-order chi connectivity index (χ1) is 15.8. The van der Waals surface area contributed by atoms with Crippen LogP contribution in [-0.2, 0) is 20.2 Å². The molecule has 0 unspecified atom stereocenters. The van der Waals surface area contributed by atoms with Crippen molar-refractivity contribution < 1.29 is 23.1 Å². The molecule has 1 amide bonds. The SMILES string of the molecule is COc1ccc2c3c([nH]c2c1)[C@@H](CO)N(C(C)=O)CC31CCN(S(=O)(=O)c2cccs2)CC1. The lowest BCUT2D eigenvalue weighted by atomic mass is 9.68. The van der Waals surface area contributed by atoms with Gasteiger partial charge in [0.2, 0.25) is 5.91 Å². The van der Waals surface area contributed by atoms with Gasteiger partial charge in [0.15, 0.2) is 0 Å². The third kappa shape index (κ3) is 3.47. The zero-order valence-electron chi connectivity index (χ0n) is 18.6. The largest absolute Gasteiger partial charge is 0.497 e. The minimum atomic E-state index is -3.53. The molecule has 2 aliphatic rings.